The van der Waals surface area contributed by atoms with Crippen molar-refractivity contribution in [3.63, 3.8) is 0 Å². The second-order valence-electron chi connectivity index (χ2n) is 8.29. The van der Waals surface area contributed by atoms with Crippen molar-refractivity contribution in [3.05, 3.63) is 53.7 Å². The number of hydrogen-bond acceptors (Lipinski definition) is 5. The van der Waals surface area contributed by atoms with Crippen molar-refractivity contribution in [2.45, 2.75) is 71.1 Å². The summed E-state index contributed by atoms with van der Waals surface area (Å²) >= 11 is 0. The molecular weight excluding hydrogens is 394 g/mol. The van der Waals surface area contributed by atoms with Gasteiger partial charge < -0.3 is 19.0 Å². The van der Waals surface area contributed by atoms with Crippen molar-refractivity contribution in [1.29, 1.82) is 0 Å². The summed E-state index contributed by atoms with van der Waals surface area (Å²) in [5, 5.41) is 2.98. The molecular formula is C24H29N3O4. The summed E-state index contributed by atoms with van der Waals surface area (Å²) < 4.78 is 12.7. The lowest BCUT2D eigenvalue weighted by Gasteiger charge is -2.27. The van der Waals surface area contributed by atoms with Crippen LogP contribution in [0, 0.1) is 0 Å². The molecule has 31 heavy (non-hydrogen) atoms. The summed E-state index contributed by atoms with van der Waals surface area (Å²) in [7, 11) is 0. The van der Waals surface area contributed by atoms with E-state index in [9.17, 15) is 9.59 Å². The maximum atomic E-state index is 12.9. The molecule has 2 aromatic heterocycles. The highest BCUT2D eigenvalue weighted by Gasteiger charge is 2.27. The zero-order valence-electron chi connectivity index (χ0n) is 18.3. The summed E-state index contributed by atoms with van der Waals surface area (Å²) in [6.07, 6.45) is 6.72. The van der Waals surface area contributed by atoms with Gasteiger partial charge in [0.1, 0.15) is 11.9 Å². The standard InChI is InChI=1S/C24H29N3O4/c1-4-19(5-2)27-21-7-6-17(24(29)25-18-10-15(3)31-23(28)13-18)12-20(21)26-22(27)11-16-8-9-30-14-16/h6-9,12,14-15,18-19H,4-5,10-11,13H2,1-3H3,(H,25,29). The van der Waals surface area contributed by atoms with Crippen LogP contribution in [0.5, 0.6) is 0 Å². The molecule has 3 heterocycles. The van der Waals surface area contributed by atoms with E-state index in [4.69, 9.17) is 14.1 Å². The van der Waals surface area contributed by atoms with Crippen LogP contribution in [0.2, 0.25) is 0 Å². The van der Waals surface area contributed by atoms with Crippen LogP contribution in [0.1, 0.15) is 74.2 Å². The molecule has 1 saturated heterocycles. The van der Waals surface area contributed by atoms with E-state index in [-0.39, 0.29) is 30.4 Å². The predicted molar refractivity (Wildman–Crippen MR) is 117 cm³/mol. The van der Waals surface area contributed by atoms with Gasteiger partial charge in [-0.05, 0) is 49.6 Å². The van der Waals surface area contributed by atoms with E-state index in [0.717, 1.165) is 35.3 Å². The van der Waals surface area contributed by atoms with Crippen molar-refractivity contribution in [2.24, 2.45) is 0 Å². The summed E-state index contributed by atoms with van der Waals surface area (Å²) in [5.74, 6) is 0.501. The van der Waals surface area contributed by atoms with Crippen LogP contribution in [-0.4, -0.2) is 33.6 Å². The van der Waals surface area contributed by atoms with E-state index in [2.05, 4.69) is 23.7 Å². The Morgan fingerprint density at radius 1 is 1.29 bits per heavy atom. The third kappa shape index (κ3) is 4.50. The van der Waals surface area contributed by atoms with Crippen LogP contribution < -0.4 is 5.32 Å². The molecule has 1 aromatic carbocycles. The van der Waals surface area contributed by atoms with Crippen LogP contribution in [0.4, 0.5) is 0 Å². The molecule has 0 saturated carbocycles. The van der Waals surface area contributed by atoms with Crippen molar-refractivity contribution < 1.29 is 18.7 Å². The highest BCUT2D eigenvalue weighted by atomic mass is 16.5. The molecule has 3 aromatic rings. The van der Waals surface area contributed by atoms with Gasteiger partial charge in [-0.25, -0.2) is 4.98 Å². The Hall–Kier alpha value is -3.09. The molecule has 1 fully saturated rings. The number of carbonyl (C=O) groups is 2. The molecule has 1 aliphatic rings. The highest BCUT2D eigenvalue weighted by Crippen LogP contribution is 2.28. The van der Waals surface area contributed by atoms with Crippen molar-refractivity contribution in [2.75, 3.05) is 0 Å². The molecule has 4 rings (SSSR count). The maximum Gasteiger partial charge on any atom is 0.308 e. The van der Waals surface area contributed by atoms with Gasteiger partial charge in [0, 0.05) is 30.5 Å². The van der Waals surface area contributed by atoms with E-state index in [1.807, 2.05) is 31.2 Å². The number of benzene rings is 1. The largest absolute Gasteiger partial charge is 0.472 e. The van der Waals surface area contributed by atoms with Crippen molar-refractivity contribution in [3.8, 4) is 0 Å². The minimum Gasteiger partial charge on any atom is -0.472 e. The van der Waals surface area contributed by atoms with Gasteiger partial charge in [0.2, 0.25) is 0 Å². The van der Waals surface area contributed by atoms with Gasteiger partial charge in [-0.2, -0.15) is 0 Å². The molecule has 2 atom stereocenters. The van der Waals surface area contributed by atoms with E-state index in [0.29, 0.717) is 24.4 Å². The van der Waals surface area contributed by atoms with Crippen molar-refractivity contribution in [1.82, 2.24) is 14.9 Å². The normalized spacial score (nSPS) is 19.0. The SMILES string of the molecule is CCC(CC)n1c(Cc2ccoc2)nc2cc(C(=O)NC3CC(=O)OC(C)C3)ccc21. The molecule has 7 heteroatoms. The number of furan rings is 1. The van der Waals surface area contributed by atoms with Gasteiger partial charge >= 0.3 is 5.97 Å². The van der Waals surface area contributed by atoms with Crippen molar-refractivity contribution >= 4 is 22.9 Å². The molecule has 0 radical (unpaired) electrons. The number of carbonyl (C=O) groups excluding carboxylic acids is 2. The molecule has 164 valence electrons. The number of rotatable bonds is 7. The van der Waals surface area contributed by atoms with Gasteiger partial charge in [-0.3, -0.25) is 9.59 Å². The van der Waals surface area contributed by atoms with E-state index < -0.39 is 0 Å². The van der Waals surface area contributed by atoms with Crippen LogP contribution in [-0.2, 0) is 16.0 Å². The number of cyclic esters (lactones) is 1. The predicted octanol–water partition coefficient (Wildman–Crippen LogP) is 4.41. The number of hydrogen-bond donors (Lipinski definition) is 1. The average Bonchev–Trinajstić information content (AvgIpc) is 3.36. The molecule has 7 nitrogen and oxygen atoms in total. The topological polar surface area (TPSA) is 86.4 Å². The molecule has 1 aliphatic heterocycles. The Balaban J connectivity index is 1.63. The number of aromatic nitrogens is 2. The number of nitrogens with zero attached hydrogens (tertiary/aromatic N) is 2. The fourth-order valence-corrected chi connectivity index (χ4v) is 4.44. The lowest BCUT2D eigenvalue weighted by Crippen LogP contribution is -2.43. The zero-order chi connectivity index (χ0) is 22.0. The number of imidazole rings is 1. The van der Waals surface area contributed by atoms with Crippen LogP contribution in [0.15, 0.2) is 41.2 Å². The fourth-order valence-electron chi connectivity index (χ4n) is 4.44. The van der Waals surface area contributed by atoms with E-state index in [1.54, 1.807) is 12.5 Å². The lowest BCUT2D eigenvalue weighted by atomic mass is 10.0. The lowest BCUT2D eigenvalue weighted by molar-refractivity contribution is -0.153. The quantitative estimate of drug-likeness (QED) is 0.569. The van der Waals surface area contributed by atoms with Gasteiger partial charge in [0.15, 0.2) is 0 Å². The van der Waals surface area contributed by atoms with E-state index in [1.165, 1.54) is 0 Å². The smallest absolute Gasteiger partial charge is 0.308 e. The Morgan fingerprint density at radius 3 is 2.77 bits per heavy atom. The Morgan fingerprint density at radius 2 is 2.10 bits per heavy atom. The number of fused-ring (bicyclic) bond motifs is 1. The molecule has 0 aliphatic carbocycles. The summed E-state index contributed by atoms with van der Waals surface area (Å²) in [6.45, 7) is 6.20. The van der Waals surface area contributed by atoms with Gasteiger partial charge in [-0.15, -0.1) is 0 Å². The molecule has 2 unspecified atom stereocenters. The first kappa shape index (κ1) is 21.2. The molecule has 0 bridgehead atoms. The number of amides is 1. The summed E-state index contributed by atoms with van der Waals surface area (Å²) in [4.78, 5) is 29.4. The number of nitrogens with one attached hydrogen (secondary N) is 1. The first-order chi connectivity index (χ1) is 15.0. The van der Waals surface area contributed by atoms with Gasteiger partial charge in [0.25, 0.3) is 5.91 Å². The minimum atomic E-state index is -0.271. The first-order valence-electron chi connectivity index (χ1n) is 11.0. The molecule has 1 amide bonds. The summed E-state index contributed by atoms with van der Waals surface area (Å²) in [6, 6.07) is 7.73. The third-order valence-electron chi connectivity index (χ3n) is 5.97. The molecule has 0 spiro atoms. The Bertz CT molecular complexity index is 1070. The van der Waals surface area contributed by atoms with Crippen LogP contribution in [0.25, 0.3) is 11.0 Å². The average molecular weight is 424 g/mol. The number of esters is 1. The van der Waals surface area contributed by atoms with E-state index >= 15 is 0 Å². The van der Waals surface area contributed by atoms with Crippen LogP contribution in [0.3, 0.4) is 0 Å². The fraction of sp³-hybridized carbons (Fsp3) is 0.458. The monoisotopic (exact) mass is 423 g/mol. The molecule has 1 N–H and O–H groups in total. The Labute approximate surface area is 181 Å². The summed E-state index contributed by atoms with van der Waals surface area (Å²) in [5.41, 5.74) is 3.44. The highest BCUT2D eigenvalue weighted by molar-refractivity contribution is 5.97. The maximum absolute atomic E-state index is 12.9. The first-order valence-corrected chi connectivity index (χ1v) is 11.0. The van der Waals surface area contributed by atoms with Gasteiger partial charge in [0.05, 0.1) is 30.0 Å². The second-order valence-corrected chi connectivity index (χ2v) is 8.29. The zero-order valence-corrected chi connectivity index (χ0v) is 18.3. The number of ether oxygens (including phenoxy) is 1. The van der Waals surface area contributed by atoms with Crippen LogP contribution >= 0.6 is 0 Å². The van der Waals surface area contributed by atoms with Gasteiger partial charge in [-0.1, -0.05) is 13.8 Å². The Kier molecular flexibility index (Phi) is 6.11. The third-order valence-corrected chi connectivity index (χ3v) is 5.97. The second kappa shape index (κ2) is 8.96. The minimum absolute atomic E-state index is 0.185.